The van der Waals surface area contributed by atoms with E-state index in [0.29, 0.717) is 17.2 Å². The van der Waals surface area contributed by atoms with E-state index in [0.717, 1.165) is 16.8 Å². The number of nitrogens with one attached hydrogen (secondary N) is 1. The Balaban J connectivity index is 2.14. The van der Waals surface area contributed by atoms with E-state index < -0.39 is 0 Å². The molecule has 5 nitrogen and oxygen atoms in total. The first kappa shape index (κ1) is 9.77. The lowest BCUT2D eigenvalue weighted by molar-refractivity contribution is 1.23. The van der Waals surface area contributed by atoms with Crippen LogP contribution in [0.4, 0.5) is 5.69 Å². The van der Waals surface area contributed by atoms with Crippen molar-refractivity contribution in [3.8, 4) is 11.5 Å². The van der Waals surface area contributed by atoms with Crippen LogP contribution in [0.1, 0.15) is 5.56 Å². The molecule has 3 heterocycles. The number of H-pyrrole nitrogens is 1. The Morgan fingerprint density at radius 1 is 1.18 bits per heavy atom. The fraction of sp³-hybridized carbons (Fsp3) is 0.0833. The molecule has 0 fully saturated rings. The SMILES string of the molecule is Cc1cnc2nc(-c3ccc(N)cn3)[nH]c2c1. The van der Waals surface area contributed by atoms with Gasteiger partial charge in [0.2, 0.25) is 0 Å². The number of fused-ring (bicyclic) bond motifs is 1. The zero-order chi connectivity index (χ0) is 11.8. The van der Waals surface area contributed by atoms with E-state index in [2.05, 4.69) is 19.9 Å². The first-order valence-corrected chi connectivity index (χ1v) is 5.26. The van der Waals surface area contributed by atoms with E-state index in [-0.39, 0.29) is 0 Å². The van der Waals surface area contributed by atoms with E-state index >= 15 is 0 Å². The van der Waals surface area contributed by atoms with Crippen molar-refractivity contribution >= 4 is 16.9 Å². The van der Waals surface area contributed by atoms with E-state index in [1.54, 1.807) is 18.5 Å². The fourth-order valence-corrected chi connectivity index (χ4v) is 1.67. The summed E-state index contributed by atoms with van der Waals surface area (Å²) in [5.41, 5.74) is 9.70. The summed E-state index contributed by atoms with van der Waals surface area (Å²) < 4.78 is 0. The molecule has 0 aromatic carbocycles. The minimum absolute atomic E-state index is 0.638. The Hall–Kier alpha value is -2.43. The number of imidazole rings is 1. The summed E-state index contributed by atoms with van der Waals surface area (Å²) in [6, 6.07) is 5.64. The van der Waals surface area contributed by atoms with Crippen molar-refractivity contribution in [2.24, 2.45) is 0 Å². The highest BCUT2D eigenvalue weighted by atomic mass is 15.0. The first-order chi connectivity index (χ1) is 8.22. The molecule has 0 bridgehead atoms. The van der Waals surface area contributed by atoms with E-state index in [9.17, 15) is 0 Å². The number of hydrogen-bond donors (Lipinski definition) is 2. The Morgan fingerprint density at radius 3 is 2.82 bits per heavy atom. The van der Waals surface area contributed by atoms with Crippen LogP contribution in [0.25, 0.3) is 22.7 Å². The molecule has 3 aromatic heterocycles. The van der Waals surface area contributed by atoms with Crippen LogP contribution in [0.2, 0.25) is 0 Å². The smallest absolute Gasteiger partial charge is 0.178 e. The van der Waals surface area contributed by atoms with Gasteiger partial charge < -0.3 is 10.7 Å². The zero-order valence-corrected chi connectivity index (χ0v) is 9.31. The van der Waals surface area contributed by atoms with Gasteiger partial charge in [-0.2, -0.15) is 0 Å². The third kappa shape index (κ3) is 1.71. The number of nitrogens with two attached hydrogens (primary N) is 1. The van der Waals surface area contributed by atoms with Crippen LogP contribution < -0.4 is 5.73 Å². The van der Waals surface area contributed by atoms with Gasteiger partial charge >= 0.3 is 0 Å². The van der Waals surface area contributed by atoms with Crippen molar-refractivity contribution in [1.82, 2.24) is 19.9 Å². The highest BCUT2D eigenvalue weighted by Gasteiger charge is 2.06. The number of nitrogen functional groups attached to an aromatic ring is 1. The highest BCUT2D eigenvalue weighted by molar-refractivity contribution is 5.75. The number of aromatic nitrogens is 4. The predicted octanol–water partition coefficient (Wildman–Crippen LogP) is 1.91. The second-order valence-electron chi connectivity index (χ2n) is 3.95. The lowest BCUT2D eigenvalue weighted by Gasteiger charge is -1.95. The van der Waals surface area contributed by atoms with Crippen molar-refractivity contribution in [2.75, 3.05) is 5.73 Å². The summed E-state index contributed by atoms with van der Waals surface area (Å²) >= 11 is 0. The summed E-state index contributed by atoms with van der Waals surface area (Å²) in [7, 11) is 0. The van der Waals surface area contributed by atoms with Gasteiger partial charge in [0.25, 0.3) is 0 Å². The molecule has 3 aromatic rings. The molecule has 0 atom stereocenters. The van der Waals surface area contributed by atoms with E-state index in [4.69, 9.17) is 5.73 Å². The number of pyridine rings is 2. The zero-order valence-electron chi connectivity index (χ0n) is 9.31. The molecule has 0 spiro atoms. The second kappa shape index (κ2) is 3.55. The molecule has 0 unspecified atom stereocenters. The molecule has 3 N–H and O–H groups in total. The summed E-state index contributed by atoms with van der Waals surface area (Å²) in [5.74, 6) is 0.707. The van der Waals surface area contributed by atoms with Crippen LogP contribution in [-0.2, 0) is 0 Å². The van der Waals surface area contributed by atoms with Crippen LogP contribution in [0.15, 0.2) is 30.6 Å². The van der Waals surface area contributed by atoms with Crippen molar-refractivity contribution in [1.29, 1.82) is 0 Å². The normalized spacial score (nSPS) is 10.9. The summed E-state index contributed by atoms with van der Waals surface area (Å²) in [6.45, 7) is 1.99. The molecule has 0 saturated heterocycles. The Morgan fingerprint density at radius 2 is 2.06 bits per heavy atom. The van der Waals surface area contributed by atoms with Gasteiger partial charge in [0.15, 0.2) is 11.5 Å². The molecule has 0 saturated carbocycles. The largest absolute Gasteiger partial charge is 0.397 e. The first-order valence-electron chi connectivity index (χ1n) is 5.26. The lowest BCUT2D eigenvalue weighted by atomic mass is 10.3. The van der Waals surface area contributed by atoms with Gasteiger partial charge in [0.05, 0.1) is 17.4 Å². The molecule has 5 heteroatoms. The number of nitrogens with zero attached hydrogens (tertiary/aromatic N) is 3. The second-order valence-corrected chi connectivity index (χ2v) is 3.95. The van der Waals surface area contributed by atoms with Crippen LogP contribution in [0.3, 0.4) is 0 Å². The maximum Gasteiger partial charge on any atom is 0.178 e. The number of rotatable bonds is 1. The summed E-state index contributed by atoms with van der Waals surface area (Å²) in [5, 5.41) is 0. The van der Waals surface area contributed by atoms with Gasteiger partial charge in [0.1, 0.15) is 5.69 Å². The van der Waals surface area contributed by atoms with Crippen LogP contribution in [0.5, 0.6) is 0 Å². The number of aromatic amines is 1. The Labute approximate surface area is 97.7 Å². The van der Waals surface area contributed by atoms with Crippen LogP contribution in [-0.4, -0.2) is 19.9 Å². The maximum atomic E-state index is 5.59. The molecule has 0 aliphatic carbocycles. The quantitative estimate of drug-likeness (QED) is 0.663. The van der Waals surface area contributed by atoms with E-state index in [1.165, 1.54) is 0 Å². The van der Waals surface area contributed by atoms with Gasteiger partial charge in [-0.15, -0.1) is 0 Å². The Kier molecular flexibility index (Phi) is 2.04. The van der Waals surface area contributed by atoms with Crippen molar-refractivity contribution < 1.29 is 0 Å². The summed E-state index contributed by atoms with van der Waals surface area (Å²) in [4.78, 5) is 16.0. The Bertz CT molecular complexity index is 669. The number of anilines is 1. The fourth-order valence-electron chi connectivity index (χ4n) is 1.67. The van der Waals surface area contributed by atoms with Gasteiger partial charge in [-0.3, -0.25) is 4.98 Å². The number of hydrogen-bond acceptors (Lipinski definition) is 4. The van der Waals surface area contributed by atoms with Crippen molar-refractivity contribution in [3.63, 3.8) is 0 Å². The molecule has 84 valence electrons. The lowest BCUT2D eigenvalue weighted by Crippen LogP contribution is -1.89. The minimum atomic E-state index is 0.638. The average Bonchev–Trinajstić information content (AvgIpc) is 2.72. The van der Waals surface area contributed by atoms with Gasteiger partial charge in [-0.05, 0) is 30.7 Å². The monoisotopic (exact) mass is 225 g/mol. The topological polar surface area (TPSA) is 80.5 Å². The van der Waals surface area contributed by atoms with Crippen LogP contribution >= 0.6 is 0 Å². The summed E-state index contributed by atoms with van der Waals surface area (Å²) in [6.07, 6.45) is 3.41. The average molecular weight is 225 g/mol. The molecule has 3 rings (SSSR count). The molecule has 0 aliphatic heterocycles. The van der Waals surface area contributed by atoms with E-state index in [1.807, 2.05) is 19.1 Å². The standard InChI is InChI=1S/C12H11N5/c1-7-4-10-11(15-5-7)17-12(16-10)9-3-2-8(13)6-14-9/h2-6H,13H2,1H3,(H,15,16,17). The molecular formula is C12H11N5. The molecule has 0 amide bonds. The van der Waals surface area contributed by atoms with Crippen molar-refractivity contribution in [3.05, 3.63) is 36.2 Å². The van der Waals surface area contributed by atoms with Crippen LogP contribution in [0, 0.1) is 6.92 Å². The predicted molar refractivity (Wildman–Crippen MR) is 66.3 cm³/mol. The molecule has 0 aliphatic rings. The number of aryl methyl sites for hydroxylation is 1. The third-order valence-electron chi connectivity index (χ3n) is 2.50. The van der Waals surface area contributed by atoms with Gasteiger partial charge in [-0.1, -0.05) is 0 Å². The molecular weight excluding hydrogens is 214 g/mol. The molecule has 17 heavy (non-hydrogen) atoms. The van der Waals surface area contributed by atoms with Gasteiger partial charge in [-0.25, -0.2) is 9.97 Å². The highest BCUT2D eigenvalue weighted by Crippen LogP contribution is 2.18. The molecule has 0 radical (unpaired) electrons. The maximum absolute atomic E-state index is 5.59. The minimum Gasteiger partial charge on any atom is -0.397 e. The van der Waals surface area contributed by atoms with Gasteiger partial charge in [0, 0.05) is 6.20 Å². The third-order valence-corrected chi connectivity index (χ3v) is 2.50. The van der Waals surface area contributed by atoms with Crippen molar-refractivity contribution in [2.45, 2.75) is 6.92 Å².